The van der Waals surface area contributed by atoms with Crippen LogP contribution < -0.4 is 21.1 Å². The summed E-state index contributed by atoms with van der Waals surface area (Å²) in [6, 6.07) is 7.79. The summed E-state index contributed by atoms with van der Waals surface area (Å²) in [6.45, 7) is 7.26. The van der Waals surface area contributed by atoms with Gasteiger partial charge in [-0.1, -0.05) is 64.5 Å². The number of fused-ring (bicyclic) bond motifs is 8. The Balaban J connectivity index is 0.000000221. The third-order valence-electron chi connectivity index (χ3n) is 10.2. The van der Waals surface area contributed by atoms with Gasteiger partial charge >= 0.3 is 6.03 Å². The lowest BCUT2D eigenvalue weighted by Crippen LogP contribution is -2.46. The molecule has 40 heavy (non-hydrogen) atoms. The molecule has 8 rings (SSSR count). The molecule has 8 heteroatoms. The van der Waals surface area contributed by atoms with E-state index in [-0.39, 0.29) is 17.4 Å². The molecule has 4 bridgehead atoms. The number of piperidine rings is 2. The summed E-state index contributed by atoms with van der Waals surface area (Å²) in [5, 5.41) is 6.33. The zero-order valence-corrected chi connectivity index (χ0v) is 24.5. The van der Waals surface area contributed by atoms with E-state index < -0.39 is 17.5 Å². The van der Waals surface area contributed by atoms with Gasteiger partial charge in [0.25, 0.3) is 11.5 Å². The third-order valence-corrected chi connectivity index (χ3v) is 10.2. The molecule has 4 atom stereocenters. The first-order valence-corrected chi connectivity index (χ1v) is 15.7. The van der Waals surface area contributed by atoms with Gasteiger partial charge < -0.3 is 15.2 Å². The Morgan fingerprint density at radius 1 is 0.850 bits per heavy atom. The summed E-state index contributed by atoms with van der Waals surface area (Å²) in [5.41, 5.74) is -0.0579. The second kappa shape index (κ2) is 10.6. The number of para-hydroxylation sites is 2. The molecular formula is C32H45N5O3. The molecule has 3 saturated carbocycles. The van der Waals surface area contributed by atoms with Crippen LogP contribution in [0, 0.1) is 23.7 Å². The van der Waals surface area contributed by atoms with Crippen LogP contribution in [0.15, 0.2) is 29.1 Å². The lowest BCUT2D eigenvalue weighted by Gasteiger charge is -2.34. The quantitative estimate of drug-likeness (QED) is 0.481. The van der Waals surface area contributed by atoms with E-state index in [0.717, 1.165) is 46.9 Å². The predicted molar refractivity (Wildman–Crippen MR) is 157 cm³/mol. The fourth-order valence-corrected chi connectivity index (χ4v) is 8.27. The van der Waals surface area contributed by atoms with Crippen LogP contribution >= 0.6 is 0 Å². The lowest BCUT2D eigenvalue weighted by atomic mass is 9.72. The predicted octanol–water partition coefficient (Wildman–Crippen LogP) is 5.55. The molecule has 216 valence electrons. The van der Waals surface area contributed by atoms with Gasteiger partial charge in [-0.05, 0) is 75.3 Å². The van der Waals surface area contributed by atoms with E-state index in [1.807, 2.05) is 38.1 Å². The maximum absolute atomic E-state index is 13.6. The fourth-order valence-electron chi connectivity index (χ4n) is 8.27. The van der Waals surface area contributed by atoms with Crippen molar-refractivity contribution >= 4 is 28.8 Å². The molecule has 6 fully saturated rings. The first-order chi connectivity index (χ1) is 19.3. The van der Waals surface area contributed by atoms with Gasteiger partial charge in [0, 0.05) is 18.1 Å². The summed E-state index contributed by atoms with van der Waals surface area (Å²) in [5.74, 6) is 3.21. The van der Waals surface area contributed by atoms with Crippen molar-refractivity contribution in [3.8, 4) is 0 Å². The number of benzene rings is 1. The zero-order chi connectivity index (χ0) is 28.2. The van der Waals surface area contributed by atoms with Gasteiger partial charge in [-0.15, -0.1) is 0 Å². The number of carbonyl (C=O) groups excluding carboxylic acids is 2. The van der Waals surface area contributed by atoms with Crippen LogP contribution in [0.5, 0.6) is 0 Å². The Morgan fingerprint density at radius 2 is 1.45 bits per heavy atom. The van der Waals surface area contributed by atoms with E-state index in [0.29, 0.717) is 17.6 Å². The van der Waals surface area contributed by atoms with Crippen LogP contribution in [-0.4, -0.2) is 39.1 Å². The number of nitrogens with one attached hydrogen (secondary N) is 2. The molecule has 4 unspecified atom stereocenters. The van der Waals surface area contributed by atoms with Crippen LogP contribution in [0.2, 0.25) is 0 Å². The summed E-state index contributed by atoms with van der Waals surface area (Å²) in [6.07, 6.45) is 13.9. The molecule has 3 saturated heterocycles. The van der Waals surface area contributed by atoms with Crippen LogP contribution in [0.1, 0.15) is 97.9 Å². The van der Waals surface area contributed by atoms with E-state index in [1.54, 1.807) is 50.5 Å². The zero-order valence-electron chi connectivity index (χ0n) is 24.5. The average molecular weight is 548 g/mol. The van der Waals surface area contributed by atoms with E-state index in [2.05, 4.69) is 15.6 Å². The highest BCUT2D eigenvalue weighted by atomic mass is 16.2. The van der Waals surface area contributed by atoms with Gasteiger partial charge in [0.2, 0.25) is 5.82 Å². The molecular weight excluding hydrogens is 502 g/mol. The molecule has 2 N–H and O–H groups in total. The Kier molecular flexibility index (Phi) is 7.26. The minimum atomic E-state index is -1.06. The van der Waals surface area contributed by atoms with E-state index in [4.69, 9.17) is 0 Å². The minimum absolute atomic E-state index is 0.0342. The highest BCUT2D eigenvalue weighted by Crippen LogP contribution is 2.55. The van der Waals surface area contributed by atoms with Gasteiger partial charge in [-0.2, -0.15) is 0 Å². The number of amides is 3. The molecule has 1 aromatic carbocycles. The number of rotatable bonds is 2. The Hall–Kier alpha value is -2.74. The number of anilines is 1. The number of nitrogens with zero attached hydrogens (tertiary/aromatic N) is 3. The van der Waals surface area contributed by atoms with Crippen molar-refractivity contribution in [1.82, 2.24) is 20.2 Å². The van der Waals surface area contributed by atoms with Crippen LogP contribution in [0.3, 0.4) is 0 Å². The smallest absolute Gasteiger partial charge is 0.323 e. The van der Waals surface area contributed by atoms with Crippen molar-refractivity contribution in [2.75, 3.05) is 4.90 Å². The minimum Gasteiger partial charge on any atom is -0.323 e. The van der Waals surface area contributed by atoms with Crippen molar-refractivity contribution in [2.45, 2.75) is 116 Å². The van der Waals surface area contributed by atoms with Crippen molar-refractivity contribution in [3.63, 3.8) is 0 Å². The normalized spacial score (nSPS) is 34.7. The van der Waals surface area contributed by atoms with Gasteiger partial charge in [0.1, 0.15) is 5.54 Å². The largest absolute Gasteiger partial charge is 0.331 e. The molecule has 1 aromatic heterocycles. The number of aromatic nitrogens is 2. The number of hydrogen-bond donors (Lipinski definition) is 2. The molecule has 0 radical (unpaired) electrons. The van der Waals surface area contributed by atoms with Crippen molar-refractivity contribution in [1.29, 1.82) is 0 Å². The summed E-state index contributed by atoms with van der Waals surface area (Å²) in [7, 11) is 0. The molecule has 4 heterocycles. The molecule has 2 aromatic rings. The SMILES string of the molecule is C1CC2CCCC(C1)C2.CC.CC1(C)NC(=O)N(c2nc3ccccc3n(C3CC4NC(C3)C3CC43)c2=O)C1=O. The summed E-state index contributed by atoms with van der Waals surface area (Å²) < 4.78 is 1.79. The molecule has 8 nitrogen and oxygen atoms in total. The van der Waals surface area contributed by atoms with Crippen molar-refractivity contribution in [3.05, 3.63) is 34.6 Å². The Bertz CT molecular complexity index is 1320. The first kappa shape index (κ1) is 27.4. The van der Waals surface area contributed by atoms with Crippen LogP contribution in [0.25, 0.3) is 11.0 Å². The first-order valence-electron chi connectivity index (χ1n) is 15.7. The fraction of sp³-hybridized carbons (Fsp3) is 0.688. The van der Waals surface area contributed by atoms with Gasteiger partial charge in [0.05, 0.1) is 11.0 Å². The van der Waals surface area contributed by atoms with E-state index in [1.165, 1.54) is 19.3 Å². The monoisotopic (exact) mass is 547 g/mol. The highest BCUT2D eigenvalue weighted by molar-refractivity contribution is 6.22. The van der Waals surface area contributed by atoms with Crippen molar-refractivity contribution in [2.24, 2.45) is 23.7 Å². The Labute approximate surface area is 237 Å². The number of imide groups is 1. The summed E-state index contributed by atoms with van der Waals surface area (Å²) in [4.78, 5) is 44.3. The third kappa shape index (κ3) is 4.76. The maximum atomic E-state index is 13.6. The van der Waals surface area contributed by atoms with Crippen LogP contribution in [-0.2, 0) is 4.79 Å². The molecule has 3 amide bonds. The molecule has 3 aliphatic heterocycles. The maximum Gasteiger partial charge on any atom is 0.331 e. The van der Waals surface area contributed by atoms with Crippen molar-refractivity contribution < 1.29 is 9.59 Å². The number of carbonyl (C=O) groups is 2. The topological polar surface area (TPSA) is 96.3 Å². The van der Waals surface area contributed by atoms with Gasteiger partial charge in [0.15, 0.2) is 0 Å². The second-order valence-electron chi connectivity index (χ2n) is 13.2. The number of hydrogen-bond acceptors (Lipinski definition) is 5. The van der Waals surface area contributed by atoms with Gasteiger partial charge in [-0.25, -0.2) is 14.7 Å². The van der Waals surface area contributed by atoms with Gasteiger partial charge in [-0.3, -0.25) is 9.59 Å². The molecule has 6 aliphatic rings. The standard InChI is InChI=1S/C21H23N5O3.C9H16.C2H6/c1-21(2)19(28)26(20(29)24-21)17-18(27)25(16-6-4-3-5-13(16)23-17)10-7-14-11-9-12(11)15(8-10)22-14;1-3-8-5-2-6-9(4-1)7-8;1-2/h3-6,10-12,14-15,22H,7-9H2,1-2H3,(H,24,29);8-9H,1-7H2;1-2H3. The second-order valence-corrected chi connectivity index (χ2v) is 13.2. The van der Waals surface area contributed by atoms with E-state index >= 15 is 0 Å². The Morgan fingerprint density at radius 3 is 2.00 bits per heavy atom. The summed E-state index contributed by atoms with van der Waals surface area (Å²) >= 11 is 0. The molecule has 0 spiro atoms. The average Bonchev–Trinajstić information content (AvgIpc) is 3.67. The lowest BCUT2D eigenvalue weighted by molar-refractivity contribution is -0.121. The van der Waals surface area contributed by atoms with Crippen LogP contribution in [0.4, 0.5) is 10.6 Å². The van der Waals surface area contributed by atoms with E-state index in [9.17, 15) is 14.4 Å². The highest BCUT2D eigenvalue weighted by Gasteiger charge is 2.57. The number of urea groups is 1. The molecule has 3 aliphatic carbocycles.